The van der Waals surface area contributed by atoms with Crippen LogP contribution in [0.5, 0.6) is 0 Å². The minimum Gasteiger partial charge on any atom is -0.369 e. The number of anilines is 3. The average molecular weight is 513 g/mol. The fourth-order valence-electron chi connectivity index (χ4n) is 3.37. The first-order chi connectivity index (χ1) is 16.6. The van der Waals surface area contributed by atoms with E-state index < -0.39 is 26.1 Å². The molecule has 0 heterocycles. The van der Waals surface area contributed by atoms with Crippen molar-refractivity contribution >= 4 is 59.4 Å². The molecule has 0 amide bonds. The van der Waals surface area contributed by atoms with Gasteiger partial charge in [-0.3, -0.25) is 9.11 Å². The van der Waals surface area contributed by atoms with Gasteiger partial charge in [0.1, 0.15) is 10.8 Å². The van der Waals surface area contributed by atoms with Crippen LogP contribution in [0.2, 0.25) is 0 Å². The van der Waals surface area contributed by atoms with E-state index in [4.69, 9.17) is 4.55 Å². The maximum absolute atomic E-state index is 12.0. The van der Waals surface area contributed by atoms with E-state index in [2.05, 4.69) is 20.9 Å². The van der Waals surface area contributed by atoms with Gasteiger partial charge in [0, 0.05) is 22.1 Å². The summed E-state index contributed by atoms with van der Waals surface area (Å²) in [6.07, 6.45) is 0. The molecule has 0 aliphatic carbocycles. The van der Waals surface area contributed by atoms with Crippen molar-refractivity contribution < 1.29 is 25.9 Å². The topological polar surface area (TPSA) is 158 Å². The molecule has 0 saturated carbocycles. The first-order valence-electron chi connectivity index (χ1n) is 10.2. The lowest BCUT2D eigenvalue weighted by molar-refractivity contribution is 0.482. The molecule has 10 nitrogen and oxygen atoms in total. The summed E-state index contributed by atoms with van der Waals surface area (Å²) >= 11 is 0. The molecule has 4 aromatic carbocycles. The number of azo groups is 1. The summed E-state index contributed by atoms with van der Waals surface area (Å²) in [6.45, 7) is 0. The second kappa shape index (κ2) is 9.80. The van der Waals surface area contributed by atoms with Crippen molar-refractivity contribution in [3.05, 3.63) is 84.9 Å². The van der Waals surface area contributed by atoms with Crippen LogP contribution in [0.3, 0.4) is 0 Å². The molecule has 0 aliphatic rings. The second-order valence-electron chi connectivity index (χ2n) is 7.43. The molecule has 0 bridgehead atoms. The third-order valence-electron chi connectivity index (χ3n) is 4.92. The molecule has 4 N–H and O–H groups in total. The predicted molar refractivity (Wildman–Crippen MR) is 134 cm³/mol. The maximum Gasteiger partial charge on any atom is 0.296 e. The third kappa shape index (κ3) is 6.19. The zero-order chi connectivity index (χ0) is 25.1. The number of nitrogens with zero attached hydrogens (tertiary/aromatic N) is 2. The molecule has 4 aromatic rings. The highest BCUT2D eigenvalue weighted by Crippen LogP contribution is 2.34. The van der Waals surface area contributed by atoms with Gasteiger partial charge in [-0.15, -0.1) is 5.11 Å². The molecule has 0 aromatic heterocycles. The van der Waals surface area contributed by atoms with Crippen LogP contribution in [-0.4, -0.2) is 31.8 Å². The summed E-state index contributed by atoms with van der Waals surface area (Å²) in [5, 5.41) is 15.3. The Kier molecular flexibility index (Phi) is 6.80. The van der Waals surface area contributed by atoms with Crippen LogP contribution in [0.4, 0.5) is 28.4 Å². The standard InChI is InChI=1S/C23H20N4O6S2/c28-34(29,30)15-24-20-12-13-21(19-9-5-4-8-18(19)20)27-26-17-10-11-22(23(14-17)35(31,32)33)25-16-6-2-1-3-7-16/h1-14,24-25H,15H2,(H,28,29,30)(H,31,32,33). The normalized spacial score (nSPS) is 12.2. The largest absolute Gasteiger partial charge is 0.369 e. The summed E-state index contributed by atoms with van der Waals surface area (Å²) in [6, 6.07) is 23.4. The van der Waals surface area contributed by atoms with E-state index in [0.717, 1.165) is 0 Å². The summed E-state index contributed by atoms with van der Waals surface area (Å²) in [5.41, 5.74) is 1.92. The number of rotatable bonds is 8. The Morgan fingerprint density at radius 1 is 0.714 bits per heavy atom. The number of nitrogens with one attached hydrogen (secondary N) is 2. The molecule has 35 heavy (non-hydrogen) atoms. The van der Waals surface area contributed by atoms with Gasteiger partial charge >= 0.3 is 0 Å². The van der Waals surface area contributed by atoms with Crippen LogP contribution in [-0.2, 0) is 20.2 Å². The van der Waals surface area contributed by atoms with Gasteiger partial charge in [0.2, 0.25) is 0 Å². The minimum absolute atomic E-state index is 0.178. The number of fused-ring (bicyclic) bond motifs is 1. The SMILES string of the molecule is O=S(=O)(O)CNc1ccc(N=Nc2ccc(Nc3ccccc3)c(S(=O)(=O)O)c2)c2ccccc12. The predicted octanol–water partition coefficient (Wildman–Crippen LogP) is 5.50. The van der Waals surface area contributed by atoms with Crippen molar-refractivity contribution in [2.75, 3.05) is 16.5 Å². The Labute approximate surface area is 201 Å². The summed E-state index contributed by atoms with van der Waals surface area (Å²) in [4.78, 5) is -0.354. The lowest BCUT2D eigenvalue weighted by Gasteiger charge is -2.11. The van der Waals surface area contributed by atoms with E-state index in [1.807, 2.05) is 6.07 Å². The molecule has 0 atom stereocenters. The van der Waals surface area contributed by atoms with Crippen molar-refractivity contribution in [1.29, 1.82) is 0 Å². The van der Waals surface area contributed by atoms with Gasteiger partial charge in [0.25, 0.3) is 20.2 Å². The molecule has 0 spiro atoms. The zero-order valence-electron chi connectivity index (χ0n) is 18.0. The van der Waals surface area contributed by atoms with Crippen LogP contribution in [0.25, 0.3) is 10.8 Å². The number of benzene rings is 4. The van der Waals surface area contributed by atoms with E-state index in [1.54, 1.807) is 66.7 Å². The molecular formula is C23H20N4O6S2. The first-order valence-corrected chi connectivity index (χ1v) is 13.2. The second-order valence-corrected chi connectivity index (χ2v) is 10.3. The highest BCUT2D eigenvalue weighted by atomic mass is 32.2. The molecule has 0 unspecified atom stereocenters. The summed E-state index contributed by atoms with van der Waals surface area (Å²) in [5.74, 6) is -0.653. The molecule has 0 saturated heterocycles. The Balaban J connectivity index is 1.67. The number of para-hydroxylation sites is 1. The monoisotopic (exact) mass is 512 g/mol. The number of hydrogen-bond donors (Lipinski definition) is 4. The molecule has 12 heteroatoms. The fraction of sp³-hybridized carbons (Fsp3) is 0.0435. The van der Waals surface area contributed by atoms with Crippen LogP contribution in [0.1, 0.15) is 0 Å². The van der Waals surface area contributed by atoms with Gasteiger partial charge in [0.15, 0.2) is 0 Å². The number of hydrogen-bond acceptors (Lipinski definition) is 8. The lowest BCUT2D eigenvalue weighted by Crippen LogP contribution is -2.13. The van der Waals surface area contributed by atoms with E-state index in [-0.39, 0.29) is 16.3 Å². The van der Waals surface area contributed by atoms with Crippen molar-refractivity contribution in [1.82, 2.24) is 0 Å². The van der Waals surface area contributed by atoms with E-state index in [0.29, 0.717) is 27.8 Å². The van der Waals surface area contributed by atoms with E-state index in [1.165, 1.54) is 12.1 Å². The Bertz CT molecular complexity index is 1620. The quantitative estimate of drug-likeness (QED) is 0.178. The Morgan fingerprint density at radius 2 is 1.37 bits per heavy atom. The summed E-state index contributed by atoms with van der Waals surface area (Å²) < 4.78 is 64.9. The third-order valence-corrected chi connectivity index (χ3v) is 6.32. The molecule has 0 radical (unpaired) electrons. The molecule has 0 aliphatic heterocycles. The Morgan fingerprint density at radius 3 is 2.06 bits per heavy atom. The fourth-order valence-corrected chi connectivity index (χ4v) is 4.38. The zero-order valence-corrected chi connectivity index (χ0v) is 19.7. The molecule has 180 valence electrons. The van der Waals surface area contributed by atoms with Crippen molar-refractivity contribution in [3.8, 4) is 0 Å². The van der Waals surface area contributed by atoms with Crippen molar-refractivity contribution in [3.63, 3.8) is 0 Å². The molecule has 0 fully saturated rings. The molecule has 4 rings (SSSR count). The first kappa shape index (κ1) is 24.3. The highest BCUT2D eigenvalue weighted by Gasteiger charge is 2.17. The van der Waals surface area contributed by atoms with Gasteiger partial charge in [-0.2, -0.15) is 21.9 Å². The lowest BCUT2D eigenvalue weighted by atomic mass is 10.1. The van der Waals surface area contributed by atoms with Crippen LogP contribution in [0.15, 0.2) is 100 Å². The summed E-state index contributed by atoms with van der Waals surface area (Å²) in [7, 11) is -8.77. The van der Waals surface area contributed by atoms with E-state index in [9.17, 15) is 21.4 Å². The maximum atomic E-state index is 12.0. The highest BCUT2D eigenvalue weighted by molar-refractivity contribution is 7.86. The van der Waals surface area contributed by atoms with Gasteiger partial charge in [-0.05, 0) is 42.5 Å². The van der Waals surface area contributed by atoms with Crippen LogP contribution in [0, 0.1) is 0 Å². The van der Waals surface area contributed by atoms with Crippen LogP contribution >= 0.6 is 0 Å². The molecular weight excluding hydrogens is 492 g/mol. The van der Waals surface area contributed by atoms with Crippen molar-refractivity contribution in [2.24, 2.45) is 10.2 Å². The van der Waals surface area contributed by atoms with Crippen LogP contribution < -0.4 is 10.6 Å². The minimum atomic E-state index is -4.56. The van der Waals surface area contributed by atoms with Gasteiger partial charge in [0.05, 0.1) is 17.1 Å². The van der Waals surface area contributed by atoms with Gasteiger partial charge in [-0.1, -0.05) is 42.5 Å². The Hall–Kier alpha value is -3.84. The van der Waals surface area contributed by atoms with Crippen molar-refractivity contribution in [2.45, 2.75) is 4.90 Å². The van der Waals surface area contributed by atoms with Gasteiger partial charge in [-0.25, -0.2) is 0 Å². The average Bonchev–Trinajstić information content (AvgIpc) is 2.82. The van der Waals surface area contributed by atoms with E-state index >= 15 is 0 Å². The van der Waals surface area contributed by atoms with Gasteiger partial charge < -0.3 is 10.6 Å². The smallest absolute Gasteiger partial charge is 0.296 e.